The van der Waals surface area contributed by atoms with E-state index in [0.717, 1.165) is 36.1 Å². The zero-order valence-electron chi connectivity index (χ0n) is 12.2. The maximum Gasteiger partial charge on any atom is 0.222 e. The predicted molar refractivity (Wildman–Crippen MR) is 87.9 cm³/mol. The number of amides is 1. The average Bonchev–Trinajstić information content (AvgIpc) is 2.78. The van der Waals surface area contributed by atoms with Gasteiger partial charge in [0.15, 0.2) is 0 Å². The van der Waals surface area contributed by atoms with Gasteiger partial charge in [0, 0.05) is 30.4 Å². The maximum absolute atomic E-state index is 12.3. The first-order valence-corrected chi connectivity index (χ1v) is 8.77. The fourth-order valence-corrected chi connectivity index (χ4v) is 4.17. The lowest BCUT2D eigenvalue weighted by Crippen LogP contribution is -2.53. The van der Waals surface area contributed by atoms with Gasteiger partial charge in [-0.2, -0.15) is 0 Å². The van der Waals surface area contributed by atoms with E-state index < -0.39 is 0 Å². The van der Waals surface area contributed by atoms with Crippen molar-refractivity contribution in [3.8, 4) is 0 Å². The fraction of sp³-hybridized carbons (Fsp3) is 0.667. The van der Waals surface area contributed by atoms with Gasteiger partial charge in [-0.05, 0) is 52.7 Å². The number of nitrogens with two attached hydrogens (primary N) is 1. The number of aryl methyl sites for hydroxylation is 1. The van der Waals surface area contributed by atoms with Crippen LogP contribution in [0.2, 0.25) is 0 Å². The molecule has 0 radical (unpaired) electrons. The van der Waals surface area contributed by atoms with Crippen LogP contribution in [0.5, 0.6) is 0 Å². The van der Waals surface area contributed by atoms with Gasteiger partial charge < -0.3 is 10.6 Å². The molecule has 5 heteroatoms. The van der Waals surface area contributed by atoms with Crippen molar-refractivity contribution < 1.29 is 4.79 Å². The van der Waals surface area contributed by atoms with Crippen LogP contribution in [0.25, 0.3) is 0 Å². The van der Waals surface area contributed by atoms with Gasteiger partial charge >= 0.3 is 0 Å². The molecule has 0 spiro atoms. The molecule has 1 aliphatic rings. The highest BCUT2D eigenvalue weighted by Gasteiger charge is 2.34. The lowest BCUT2D eigenvalue weighted by molar-refractivity contribution is -0.134. The zero-order chi connectivity index (χ0) is 14.8. The molecule has 0 aliphatic carbocycles. The van der Waals surface area contributed by atoms with Crippen LogP contribution in [-0.4, -0.2) is 29.9 Å². The lowest BCUT2D eigenvalue weighted by atomic mass is 9.79. The third-order valence-corrected chi connectivity index (χ3v) is 5.79. The molecule has 2 rings (SSSR count). The van der Waals surface area contributed by atoms with E-state index >= 15 is 0 Å². The first-order valence-electron chi connectivity index (χ1n) is 7.16. The number of carbonyl (C=O) groups excluding carboxylic acids is 1. The molecule has 1 amide bonds. The summed E-state index contributed by atoms with van der Waals surface area (Å²) in [6.07, 6.45) is 3.46. The van der Waals surface area contributed by atoms with E-state index in [1.807, 2.05) is 4.90 Å². The lowest BCUT2D eigenvalue weighted by Gasteiger charge is -2.42. The van der Waals surface area contributed by atoms with E-state index in [0.29, 0.717) is 6.42 Å². The fourth-order valence-electron chi connectivity index (χ4n) is 2.64. The monoisotopic (exact) mass is 358 g/mol. The van der Waals surface area contributed by atoms with Gasteiger partial charge in [-0.25, -0.2) is 0 Å². The molecular formula is C15H23BrN2OS. The van der Waals surface area contributed by atoms with Gasteiger partial charge in [0.25, 0.3) is 0 Å². The second-order valence-electron chi connectivity index (χ2n) is 6.26. The summed E-state index contributed by atoms with van der Waals surface area (Å²) in [7, 11) is 0. The van der Waals surface area contributed by atoms with Crippen molar-refractivity contribution >= 4 is 33.2 Å². The van der Waals surface area contributed by atoms with E-state index in [-0.39, 0.29) is 17.4 Å². The molecule has 1 aromatic heterocycles. The van der Waals surface area contributed by atoms with Crippen LogP contribution in [0.1, 0.15) is 38.0 Å². The van der Waals surface area contributed by atoms with Crippen LogP contribution in [0.4, 0.5) is 0 Å². The minimum absolute atomic E-state index is 0.0343. The molecule has 20 heavy (non-hydrogen) atoms. The average molecular weight is 359 g/mol. The molecule has 1 atom stereocenters. The van der Waals surface area contributed by atoms with Crippen LogP contribution in [-0.2, 0) is 11.2 Å². The highest BCUT2D eigenvalue weighted by Crippen LogP contribution is 2.28. The summed E-state index contributed by atoms with van der Waals surface area (Å²) >= 11 is 5.22. The van der Waals surface area contributed by atoms with Crippen molar-refractivity contribution in [1.29, 1.82) is 0 Å². The van der Waals surface area contributed by atoms with Gasteiger partial charge in [0.2, 0.25) is 5.91 Å². The van der Waals surface area contributed by atoms with Crippen molar-refractivity contribution in [3.63, 3.8) is 0 Å². The van der Waals surface area contributed by atoms with Crippen molar-refractivity contribution in [2.45, 2.75) is 45.6 Å². The van der Waals surface area contributed by atoms with Gasteiger partial charge in [0.05, 0.1) is 3.79 Å². The predicted octanol–water partition coefficient (Wildman–Crippen LogP) is 3.42. The van der Waals surface area contributed by atoms with Crippen molar-refractivity contribution in [3.05, 3.63) is 20.8 Å². The Labute approximate surface area is 133 Å². The summed E-state index contributed by atoms with van der Waals surface area (Å²) in [4.78, 5) is 15.6. The number of likely N-dealkylation sites (tertiary alicyclic amines) is 1. The highest BCUT2D eigenvalue weighted by atomic mass is 79.9. The number of carbonyl (C=O) groups is 1. The highest BCUT2D eigenvalue weighted by molar-refractivity contribution is 9.11. The molecule has 1 aliphatic heterocycles. The number of hydrogen-bond acceptors (Lipinski definition) is 3. The van der Waals surface area contributed by atoms with Gasteiger partial charge in [0.1, 0.15) is 0 Å². The Morgan fingerprint density at radius 3 is 2.90 bits per heavy atom. The standard InChI is InChI=1S/C15H23BrN2OS/c1-15(2)10-18(9-8-12(15)17)14(19)5-3-4-11-6-7-13(16)20-11/h6-7,12H,3-5,8-10,17H2,1-2H3. The molecule has 1 fully saturated rings. The summed E-state index contributed by atoms with van der Waals surface area (Å²) in [6.45, 7) is 5.91. The van der Waals surface area contributed by atoms with E-state index in [1.165, 1.54) is 4.88 Å². The summed E-state index contributed by atoms with van der Waals surface area (Å²) in [5.74, 6) is 0.278. The number of piperidine rings is 1. The van der Waals surface area contributed by atoms with Gasteiger partial charge in [-0.3, -0.25) is 4.79 Å². The summed E-state index contributed by atoms with van der Waals surface area (Å²) in [5, 5.41) is 0. The second kappa shape index (κ2) is 6.58. The van der Waals surface area contributed by atoms with Crippen molar-refractivity contribution in [1.82, 2.24) is 4.90 Å². The molecular weight excluding hydrogens is 336 g/mol. The summed E-state index contributed by atoms with van der Waals surface area (Å²) in [6, 6.07) is 4.40. The molecule has 2 N–H and O–H groups in total. The Kier molecular flexibility index (Phi) is 5.26. The van der Waals surface area contributed by atoms with E-state index in [9.17, 15) is 4.79 Å². The quantitative estimate of drug-likeness (QED) is 0.895. The van der Waals surface area contributed by atoms with Gasteiger partial charge in [-0.15, -0.1) is 11.3 Å². The number of rotatable bonds is 4. The SMILES string of the molecule is CC1(C)CN(C(=O)CCCc2ccc(Br)s2)CCC1N. The molecule has 0 saturated carbocycles. The summed E-state index contributed by atoms with van der Waals surface area (Å²) in [5.41, 5.74) is 6.15. The van der Waals surface area contributed by atoms with Crippen LogP contribution in [0, 0.1) is 5.41 Å². The first-order chi connectivity index (χ1) is 9.38. The molecule has 1 aromatic rings. The number of nitrogens with zero attached hydrogens (tertiary/aromatic N) is 1. The molecule has 112 valence electrons. The number of hydrogen-bond donors (Lipinski definition) is 1. The molecule has 0 bridgehead atoms. The Bertz CT molecular complexity index is 472. The maximum atomic E-state index is 12.3. The number of halogens is 1. The molecule has 0 aromatic carbocycles. The molecule has 1 saturated heterocycles. The van der Waals surface area contributed by atoms with Crippen LogP contribution < -0.4 is 5.73 Å². The third-order valence-electron chi connectivity index (χ3n) is 4.11. The topological polar surface area (TPSA) is 46.3 Å². The second-order valence-corrected chi connectivity index (χ2v) is 8.81. The van der Waals surface area contributed by atoms with Crippen LogP contribution in [0.15, 0.2) is 15.9 Å². The Morgan fingerprint density at radius 2 is 2.30 bits per heavy atom. The number of thiophene rings is 1. The molecule has 1 unspecified atom stereocenters. The first kappa shape index (κ1) is 16.0. The summed E-state index contributed by atoms with van der Waals surface area (Å²) < 4.78 is 1.16. The minimum Gasteiger partial charge on any atom is -0.342 e. The van der Waals surface area contributed by atoms with Gasteiger partial charge in [-0.1, -0.05) is 13.8 Å². The molecule has 2 heterocycles. The van der Waals surface area contributed by atoms with Crippen LogP contribution in [0.3, 0.4) is 0 Å². The van der Waals surface area contributed by atoms with Crippen molar-refractivity contribution in [2.24, 2.45) is 11.1 Å². The van der Waals surface area contributed by atoms with E-state index in [1.54, 1.807) is 11.3 Å². The third kappa shape index (κ3) is 4.06. The Morgan fingerprint density at radius 1 is 1.55 bits per heavy atom. The normalized spacial score (nSPS) is 22.0. The van der Waals surface area contributed by atoms with E-state index in [4.69, 9.17) is 5.73 Å². The van der Waals surface area contributed by atoms with E-state index in [2.05, 4.69) is 41.9 Å². The van der Waals surface area contributed by atoms with Crippen LogP contribution >= 0.6 is 27.3 Å². The van der Waals surface area contributed by atoms with Crippen molar-refractivity contribution in [2.75, 3.05) is 13.1 Å². The minimum atomic E-state index is 0.0343. The molecule has 3 nitrogen and oxygen atoms in total. The Hall–Kier alpha value is -0.390. The largest absolute Gasteiger partial charge is 0.342 e. The Balaban J connectivity index is 1.77. The zero-order valence-corrected chi connectivity index (χ0v) is 14.6. The smallest absolute Gasteiger partial charge is 0.222 e.